The Morgan fingerprint density at radius 3 is 2.50 bits per heavy atom. The molecule has 0 aliphatic heterocycles. The van der Waals surface area contributed by atoms with Gasteiger partial charge in [-0.1, -0.05) is 17.7 Å². The van der Waals surface area contributed by atoms with Crippen LogP contribution in [0.3, 0.4) is 0 Å². The average molecular weight is 315 g/mol. The van der Waals surface area contributed by atoms with Gasteiger partial charge in [0.1, 0.15) is 18.5 Å². The minimum absolute atomic E-state index is 0.374. The van der Waals surface area contributed by atoms with Crippen molar-refractivity contribution in [1.82, 2.24) is 19.7 Å². The molecule has 22 heavy (non-hydrogen) atoms. The lowest BCUT2D eigenvalue weighted by Crippen LogP contribution is -2.19. The summed E-state index contributed by atoms with van der Waals surface area (Å²) in [6, 6.07) is 10.0. The standard InChI is InChI=1S/C14H11ClN6O/c15-10-2-1-3-11(6-10)19-14(22)20-12-4-5-13(16-7-12)21-8-17-18-9-21/h1-9H,(H2,19,20,22). The van der Waals surface area contributed by atoms with Crippen molar-refractivity contribution in [3.63, 3.8) is 0 Å². The average Bonchev–Trinajstić information content (AvgIpc) is 3.02. The fourth-order valence-electron chi connectivity index (χ4n) is 1.79. The first-order valence-corrected chi connectivity index (χ1v) is 6.73. The number of rotatable bonds is 3. The summed E-state index contributed by atoms with van der Waals surface area (Å²) >= 11 is 5.86. The topological polar surface area (TPSA) is 84.7 Å². The van der Waals surface area contributed by atoms with E-state index in [-0.39, 0.29) is 6.03 Å². The number of carbonyl (C=O) groups excluding carboxylic acids is 1. The minimum atomic E-state index is -0.374. The molecule has 1 aromatic carbocycles. The summed E-state index contributed by atoms with van der Waals surface area (Å²) in [5.74, 6) is 0.658. The van der Waals surface area contributed by atoms with Crippen molar-refractivity contribution in [2.45, 2.75) is 0 Å². The molecule has 0 aliphatic rings. The van der Waals surface area contributed by atoms with Gasteiger partial charge in [-0.25, -0.2) is 9.78 Å². The quantitative estimate of drug-likeness (QED) is 0.778. The smallest absolute Gasteiger partial charge is 0.308 e. The third-order valence-corrected chi connectivity index (χ3v) is 3.01. The maximum absolute atomic E-state index is 11.9. The molecule has 0 aliphatic carbocycles. The van der Waals surface area contributed by atoms with E-state index in [0.29, 0.717) is 22.2 Å². The number of nitrogens with one attached hydrogen (secondary N) is 2. The molecule has 2 N–H and O–H groups in total. The summed E-state index contributed by atoms with van der Waals surface area (Å²) < 4.78 is 1.66. The molecule has 7 nitrogen and oxygen atoms in total. The highest BCUT2D eigenvalue weighted by Gasteiger charge is 2.04. The molecule has 8 heteroatoms. The summed E-state index contributed by atoms with van der Waals surface area (Å²) in [5.41, 5.74) is 1.18. The highest BCUT2D eigenvalue weighted by Crippen LogP contribution is 2.15. The number of carbonyl (C=O) groups is 1. The number of hydrogen-bond donors (Lipinski definition) is 2. The molecule has 0 radical (unpaired) electrons. The van der Waals surface area contributed by atoms with Crippen LogP contribution in [0.2, 0.25) is 5.02 Å². The monoisotopic (exact) mass is 314 g/mol. The van der Waals surface area contributed by atoms with Gasteiger partial charge in [-0.2, -0.15) is 0 Å². The Hall–Kier alpha value is -2.93. The normalized spacial score (nSPS) is 10.2. The molecule has 0 unspecified atom stereocenters. The fourth-order valence-corrected chi connectivity index (χ4v) is 1.98. The van der Waals surface area contributed by atoms with Crippen molar-refractivity contribution in [2.75, 3.05) is 10.6 Å². The van der Waals surface area contributed by atoms with E-state index in [0.717, 1.165) is 0 Å². The van der Waals surface area contributed by atoms with Crippen LogP contribution < -0.4 is 10.6 Å². The lowest BCUT2D eigenvalue weighted by atomic mass is 10.3. The molecule has 2 amide bonds. The molecule has 2 heterocycles. The van der Waals surface area contributed by atoms with E-state index < -0.39 is 0 Å². The number of amides is 2. The van der Waals surface area contributed by atoms with Gasteiger partial charge in [0.15, 0.2) is 0 Å². The Balaban J connectivity index is 1.64. The zero-order valence-corrected chi connectivity index (χ0v) is 12.0. The van der Waals surface area contributed by atoms with Crippen LogP contribution in [0.25, 0.3) is 5.82 Å². The molecule has 3 rings (SSSR count). The molecular formula is C14H11ClN6O. The maximum atomic E-state index is 11.9. The maximum Gasteiger partial charge on any atom is 0.323 e. The summed E-state index contributed by atoms with van der Waals surface area (Å²) in [4.78, 5) is 16.1. The number of benzene rings is 1. The van der Waals surface area contributed by atoms with Crippen molar-refractivity contribution in [1.29, 1.82) is 0 Å². The fraction of sp³-hybridized carbons (Fsp3) is 0. The second kappa shape index (κ2) is 6.23. The number of urea groups is 1. The molecule has 0 bridgehead atoms. The van der Waals surface area contributed by atoms with E-state index in [1.54, 1.807) is 59.8 Å². The second-order valence-corrected chi connectivity index (χ2v) is 4.80. The molecule has 110 valence electrons. The van der Waals surface area contributed by atoms with E-state index in [4.69, 9.17) is 11.6 Å². The summed E-state index contributed by atoms with van der Waals surface area (Å²) in [7, 11) is 0. The SMILES string of the molecule is O=C(Nc1ccc(-n2cnnc2)nc1)Nc1cccc(Cl)c1. The Bertz CT molecular complexity index is 772. The molecule has 0 fully saturated rings. The zero-order chi connectivity index (χ0) is 15.4. The predicted molar refractivity (Wildman–Crippen MR) is 83.2 cm³/mol. The van der Waals surface area contributed by atoms with E-state index in [1.165, 1.54) is 0 Å². The number of anilines is 2. The zero-order valence-electron chi connectivity index (χ0n) is 11.3. The number of hydrogen-bond acceptors (Lipinski definition) is 4. The number of aromatic nitrogens is 4. The predicted octanol–water partition coefficient (Wildman–Crippen LogP) is 2.96. The van der Waals surface area contributed by atoms with Crippen LogP contribution in [0, 0.1) is 0 Å². The Kier molecular flexibility index (Phi) is 3.97. The van der Waals surface area contributed by atoms with Crippen LogP contribution in [0.15, 0.2) is 55.2 Å². The minimum Gasteiger partial charge on any atom is -0.308 e. The lowest BCUT2D eigenvalue weighted by molar-refractivity contribution is 0.262. The first kappa shape index (κ1) is 14.0. The van der Waals surface area contributed by atoms with Gasteiger partial charge in [-0.3, -0.25) is 4.57 Å². The van der Waals surface area contributed by atoms with Gasteiger partial charge < -0.3 is 10.6 Å². The van der Waals surface area contributed by atoms with Crippen LogP contribution in [0.5, 0.6) is 0 Å². The van der Waals surface area contributed by atoms with Crippen molar-refractivity contribution >= 4 is 29.0 Å². The van der Waals surface area contributed by atoms with Crippen LogP contribution >= 0.6 is 11.6 Å². The summed E-state index contributed by atoms with van der Waals surface area (Å²) in [6.45, 7) is 0. The van der Waals surface area contributed by atoms with E-state index >= 15 is 0 Å². The highest BCUT2D eigenvalue weighted by atomic mass is 35.5. The first-order valence-electron chi connectivity index (χ1n) is 6.35. The number of pyridine rings is 1. The van der Waals surface area contributed by atoms with Crippen molar-refractivity contribution < 1.29 is 4.79 Å². The van der Waals surface area contributed by atoms with Gasteiger partial charge in [-0.15, -0.1) is 10.2 Å². The third kappa shape index (κ3) is 3.39. The molecule has 0 atom stereocenters. The molecule has 2 aromatic heterocycles. The van der Waals surface area contributed by atoms with Crippen molar-refractivity contribution in [2.24, 2.45) is 0 Å². The Morgan fingerprint density at radius 2 is 1.82 bits per heavy atom. The largest absolute Gasteiger partial charge is 0.323 e. The van der Waals surface area contributed by atoms with Gasteiger partial charge in [-0.05, 0) is 30.3 Å². The molecule has 0 saturated carbocycles. The van der Waals surface area contributed by atoms with Crippen LogP contribution in [0.4, 0.5) is 16.2 Å². The third-order valence-electron chi connectivity index (χ3n) is 2.77. The van der Waals surface area contributed by atoms with E-state index in [1.807, 2.05) is 0 Å². The summed E-state index contributed by atoms with van der Waals surface area (Å²) in [5, 5.41) is 13.3. The molecular weight excluding hydrogens is 304 g/mol. The molecule has 0 saturated heterocycles. The van der Waals surface area contributed by atoms with Crippen LogP contribution in [-0.2, 0) is 0 Å². The van der Waals surface area contributed by atoms with Crippen LogP contribution in [-0.4, -0.2) is 25.8 Å². The summed E-state index contributed by atoms with van der Waals surface area (Å²) in [6.07, 6.45) is 4.63. The van der Waals surface area contributed by atoms with Crippen molar-refractivity contribution in [3.8, 4) is 5.82 Å². The van der Waals surface area contributed by atoms with Gasteiger partial charge in [0.05, 0.1) is 11.9 Å². The van der Waals surface area contributed by atoms with Crippen molar-refractivity contribution in [3.05, 3.63) is 60.3 Å². The first-order chi connectivity index (χ1) is 10.7. The van der Waals surface area contributed by atoms with Gasteiger partial charge in [0, 0.05) is 10.7 Å². The Labute approximate surface area is 131 Å². The van der Waals surface area contributed by atoms with Gasteiger partial charge in [0.2, 0.25) is 0 Å². The van der Waals surface area contributed by atoms with E-state index in [9.17, 15) is 4.79 Å². The van der Waals surface area contributed by atoms with Crippen LogP contribution in [0.1, 0.15) is 0 Å². The van der Waals surface area contributed by atoms with Gasteiger partial charge >= 0.3 is 6.03 Å². The number of halogens is 1. The lowest BCUT2D eigenvalue weighted by Gasteiger charge is -2.08. The second-order valence-electron chi connectivity index (χ2n) is 4.36. The van der Waals surface area contributed by atoms with Gasteiger partial charge in [0.25, 0.3) is 0 Å². The molecule has 3 aromatic rings. The highest BCUT2D eigenvalue weighted by molar-refractivity contribution is 6.30. The number of nitrogens with zero attached hydrogens (tertiary/aromatic N) is 4. The van der Waals surface area contributed by atoms with E-state index in [2.05, 4.69) is 25.8 Å². The molecule has 0 spiro atoms. The Morgan fingerprint density at radius 1 is 1.05 bits per heavy atom.